The summed E-state index contributed by atoms with van der Waals surface area (Å²) in [5.74, 6) is -1.11. The summed E-state index contributed by atoms with van der Waals surface area (Å²) in [5.41, 5.74) is 9.72. The molecule has 264 valence electrons. The summed E-state index contributed by atoms with van der Waals surface area (Å²) >= 11 is 0. The van der Waals surface area contributed by atoms with Crippen molar-refractivity contribution in [2.45, 2.75) is 114 Å². The van der Waals surface area contributed by atoms with Crippen molar-refractivity contribution >= 4 is 23.6 Å². The van der Waals surface area contributed by atoms with Crippen LogP contribution in [0.1, 0.15) is 92.1 Å². The van der Waals surface area contributed by atoms with Gasteiger partial charge in [-0.25, -0.2) is 0 Å². The van der Waals surface area contributed by atoms with Crippen molar-refractivity contribution in [2.75, 3.05) is 0 Å². The molecule has 0 radical (unpaired) electrons. The van der Waals surface area contributed by atoms with E-state index in [1.54, 1.807) is 12.1 Å². The molecule has 0 aliphatic heterocycles. The quantitative estimate of drug-likeness (QED) is 0.192. The molecule has 0 unspecified atom stereocenters. The average molecular weight is 678 g/mol. The largest absolute Gasteiger partial charge is 0.352 e. The molecule has 6 N–H and O–H groups in total. The minimum atomic E-state index is -1.11. The molecule has 0 spiro atoms. The number of aryl methyl sites for hydroxylation is 1. The van der Waals surface area contributed by atoms with Gasteiger partial charge in [-0.2, -0.15) is 0 Å². The van der Waals surface area contributed by atoms with E-state index in [1.807, 2.05) is 73.7 Å². The van der Waals surface area contributed by atoms with Crippen molar-refractivity contribution in [2.24, 2.45) is 11.7 Å². The molecule has 6 rings (SSSR count). The molecule has 50 heavy (non-hydrogen) atoms. The molecule has 0 bridgehead atoms. The standard InChI is InChI=1S/C41H51N5O4/c1-27-13-15-28(16-14-27)25-36(39(49)43-33-22-21-32(26-33)37(47)44-35-12-6-5-11-34(35)42)45-40(50)41(23-7-8-24-41)46-38(48)31-19-17-30(18-20-31)29-9-3-2-4-10-29/h2-4,9-10,13-20,32-36H,5-8,11-12,21-26,42H2,1H3,(H,43,49)(H,44,47)(H,45,50)(H,46,48)/t32-,33+,34+,35+,36-/m1/s1. The zero-order valence-electron chi connectivity index (χ0n) is 29.1. The van der Waals surface area contributed by atoms with Crippen LogP contribution in [0.25, 0.3) is 11.1 Å². The summed E-state index contributed by atoms with van der Waals surface area (Å²) in [6.45, 7) is 2.01. The Morgan fingerprint density at radius 3 is 2.16 bits per heavy atom. The van der Waals surface area contributed by atoms with Gasteiger partial charge < -0.3 is 27.0 Å². The lowest BCUT2D eigenvalue weighted by atomic mass is 9.90. The fraction of sp³-hybridized carbons (Fsp3) is 0.463. The number of nitrogens with two attached hydrogens (primary N) is 1. The number of carbonyl (C=O) groups excluding carboxylic acids is 4. The van der Waals surface area contributed by atoms with Gasteiger partial charge in [-0.15, -0.1) is 0 Å². The fourth-order valence-electron chi connectivity index (χ4n) is 7.88. The van der Waals surface area contributed by atoms with Crippen LogP contribution in [0.2, 0.25) is 0 Å². The van der Waals surface area contributed by atoms with E-state index in [0.29, 0.717) is 44.1 Å². The SMILES string of the molecule is Cc1ccc(C[C@@H](NC(=O)C2(NC(=O)c3ccc(-c4ccccc4)cc3)CCCC2)C(=O)N[C@H]2CC[C@@H](C(=O)N[C@H]3CCCC[C@@H]3N)C2)cc1. The van der Waals surface area contributed by atoms with Gasteiger partial charge in [0.25, 0.3) is 5.91 Å². The zero-order valence-corrected chi connectivity index (χ0v) is 29.1. The first-order valence-electron chi connectivity index (χ1n) is 18.4. The van der Waals surface area contributed by atoms with Gasteiger partial charge in [0.15, 0.2) is 0 Å². The second-order valence-corrected chi connectivity index (χ2v) is 14.7. The Morgan fingerprint density at radius 1 is 0.780 bits per heavy atom. The van der Waals surface area contributed by atoms with Gasteiger partial charge in [-0.3, -0.25) is 19.2 Å². The molecule has 3 saturated carbocycles. The van der Waals surface area contributed by atoms with Crippen molar-refractivity contribution in [3.05, 3.63) is 95.6 Å². The molecule has 0 aromatic heterocycles. The molecule has 9 nitrogen and oxygen atoms in total. The monoisotopic (exact) mass is 677 g/mol. The minimum Gasteiger partial charge on any atom is -0.352 e. The van der Waals surface area contributed by atoms with E-state index >= 15 is 0 Å². The van der Waals surface area contributed by atoms with Crippen LogP contribution in [-0.2, 0) is 20.8 Å². The highest BCUT2D eigenvalue weighted by Gasteiger charge is 2.44. The highest BCUT2D eigenvalue weighted by Crippen LogP contribution is 2.31. The van der Waals surface area contributed by atoms with Gasteiger partial charge >= 0.3 is 0 Å². The van der Waals surface area contributed by atoms with E-state index in [1.165, 1.54) is 0 Å². The maximum atomic E-state index is 14.2. The summed E-state index contributed by atoms with van der Waals surface area (Å²) in [6.07, 6.45) is 8.82. The van der Waals surface area contributed by atoms with E-state index in [2.05, 4.69) is 21.3 Å². The van der Waals surface area contributed by atoms with Crippen molar-refractivity contribution < 1.29 is 19.2 Å². The minimum absolute atomic E-state index is 0.0102. The lowest BCUT2D eigenvalue weighted by Crippen LogP contribution is -2.61. The van der Waals surface area contributed by atoms with Crippen LogP contribution < -0.4 is 27.0 Å². The number of nitrogens with one attached hydrogen (secondary N) is 4. The van der Waals surface area contributed by atoms with E-state index in [9.17, 15) is 19.2 Å². The number of hydrogen-bond donors (Lipinski definition) is 5. The number of rotatable bonds is 11. The Bertz CT molecular complexity index is 1640. The number of benzene rings is 3. The Morgan fingerprint density at radius 2 is 1.46 bits per heavy atom. The molecule has 9 heteroatoms. The van der Waals surface area contributed by atoms with Gasteiger partial charge in [-0.1, -0.05) is 98.0 Å². The summed E-state index contributed by atoms with van der Waals surface area (Å²) in [4.78, 5) is 54.8. The molecule has 4 amide bonds. The van der Waals surface area contributed by atoms with Gasteiger partial charge in [0.1, 0.15) is 11.6 Å². The Labute approximate surface area is 295 Å². The lowest BCUT2D eigenvalue weighted by molar-refractivity contribution is -0.132. The summed E-state index contributed by atoms with van der Waals surface area (Å²) < 4.78 is 0. The maximum Gasteiger partial charge on any atom is 0.252 e. The van der Waals surface area contributed by atoms with Crippen molar-refractivity contribution in [3.63, 3.8) is 0 Å². The summed E-state index contributed by atoms with van der Waals surface area (Å²) in [5, 5.41) is 12.5. The fourth-order valence-corrected chi connectivity index (χ4v) is 7.88. The van der Waals surface area contributed by atoms with E-state index < -0.39 is 11.6 Å². The van der Waals surface area contributed by atoms with Gasteiger partial charge in [-0.05, 0) is 80.7 Å². The van der Waals surface area contributed by atoms with Crippen LogP contribution >= 0.6 is 0 Å². The first kappa shape index (κ1) is 35.3. The molecule has 3 aromatic carbocycles. The predicted octanol–water partition coefficient (Wildman–Crippen LogP) is 5.10. The third kappa shape index (κ3) is 8.62. The first-order valence-corrected chi connectivity index (χ1v) is 18.4. The Hall–Kier alpha value is -4.50. The summed E-state index contributed by atoms with van der Waals surface area (Å²) in [6, 6.07) is 24.3. The summed E-state index contributed by atoms with van der Waals surface area (Å²) in [7, 11) is 0. The smallest absolute Gasteiger partial charge is 0.252 e. The number of hydrogen-bond acceptors (Lipinski definition) is 5. The Kier molecular flexibility index (Phi) is 11.3. The molecule has 3 aliphatic carbocycles. The van der Waals surface area contributed by atoms with Crippen molar-refractivity contribution in [1.29, 1.82) is 0 Å². The third-order valence-electron chi connectivity index (χ3n) is 11.0. The van der Waals surface area contributed by atoms with Crippen LogP contribution in [0.15, 0.2) is 78.9 Å². The first-order chi connectivity index (χ1) is 24.2. The van der Waals surface area contributed by atoms with E-state index in [-0.39, 0.29) is 47.7 Å². The molecule has 0 saturated heterocycles. The van der Waals surface area contributed by atoms with Crippen LogP contribution in [-0.4, -0.2) is 53.3 Å². The normalized spacial score (nSPS) is 23.4. The molecular weight excluding hydrogens is 626 g/mol. The van der Waals surface area contributed by atoms with Gasteiger partial charge in [0.05, 0.1) is 0 Å². The second-order valence-electron chi connectivity index (χ2n) is 14.7. The average Bonchev–Trinajstić information content (AvgIpc) is 3.81. The highest BCUT2D eigenvalue weighted by atomic mass is 16.2. The van der Waals surface area contributed by atoms with Crippen LogP contribution in [0.5, 0.6) is 0 Å². The number of carbonyl (C=O) groups is 4. The topological polar surface area (TPSA) is 142 Å². The molecule has 3 aliphatic rings. The second kappa shape index (κ2) is 16.0. The van der Waals surface area contributed by atoms with Crippen LogP contribution in [0.4, 0.5) is 0 Å². The van der Waals surface area contributed by atoms with E-state index in [0.717, 1.165) is 60.8 Å². The molecule has 3 fully saturated rings. The van der Waals surface area contributed by atoms with Gasteiger partial charge in [0, 0.05) is 36.0 Å². The maximum absolute atomic E-state index is 14.2. The van der Waals surface area contributed by atoms with Crippen LogP contribution in [0, 0.1) is 12.8 Å². The van der Waals surface area contributed by atoms with Gasteiger partial charge in [0.2, 0.25) is 17.7 Å². The number of amides is 4. The third-order valence-corrected chi connectivity index (χ3v) is 11.0. The zero-order chi connectivity index (χ0) is 35.1. The van der Waals surface area contributed by atoms with Crippen molar-refractivity contribution in [3.8, 4) is 11.1 Å². The highest BCUT2D eigenvalue weighted by molar-refractivity contribution is 6.00. The molecule has 5 atom stereocenters. The molecule has 3 aromatic rings. The Balaban J connectivity index is 1.12. The van der Waals surface area contributed by atoms with E-state index in [4.69, 9.17) is 5.73 Å². The predicted molar refractivity (Wildman–Crippen MR) is 195 cm³/mol. The molecule has 0 heterocycles. The lowest BCUT2D eigenvalue weighted by Gasteiger charge is -2.31. The van der Waals surface area contributed by atoms with Crippen LogP contribution in [0.3, 0.4) is 0 Å². The van der Waals surface area contributed by atoms with Crippen molar-refractivity contribution in [1.82, 2.24) is 21.3 Å². The molecular formula is C41H51N5O4.